The molecule has 1 amide bonds. The number of thiazole rings is 1. The van der Waals surface area contributed by atoms with Gasteiger partial charge in [0, 0.05) is 32.7 Å². The zero-order valence-corrected chi connectivity index (χ0v) is 14.5. The summed E-state index contributed by atoms with van der Waals surface area (Å²) in [5.41, 5.74) is 1.35. The van der Waals surface area contributed by atoms with Crippen LogP contribution in [-0.4, -0.2) is 46.9 Å². The molecule has 0 N–H and O–H groups in total. The van der Waals surface area contributed by atoms with Crippen molar-refractivity contribution in [2.24, 2.45) is 0 Å². The van der Waals surface area contributed by atoms with Crippen LogP contribution in [0, 0.1) is 6.92 Å². The maximum atomic E-state index is 12.8. The summed E-state index contributed by atoms with van der Waals surface area (Å²) < 4.78 is 38.3. The maximum absolute atomic E-state index is 12.8. The summed E-state index contributed by atoms with van der Waals surface area (Å²) in [6.45, 7) is 4.66. The standard InChI is InChI=1S/C17H18F3N3OS/c1-12-14(25-16(21-12)17(18,19)20)15(24)23-9-7-22(8-10-23)11-13-5-3-2-4-6-13/h2-6H,7-11H2,1H3. The van der Waals surface area contributed by atoms with Gasteiger partial charge in [-0.2, -0.15) is 13.2 Å². The molecule has 1 fully saturated rings. The summed E-state index contributed by atoms with van der Waals surface area (Å²) in [6, 6.07) is 10.0. The molecule has 3 rings (SSSR count). The average Bonchev–Trinajstić information content (AvgIpc) is 2.98. The zero-order valence-electron chi connectivity index (χ0n) is 13.7. The fraction of sp³-hybridized carbons (Fsp3) is 0.412. The largest absolute Gasteiger partial charge is 0.443 e. The first-order valence-electron chi connectivity index (χ1n) is 7.95. The van der Waals surface area contributed by atoms with Gasteiger partial charge in [0.2, 0.25) is 0 Å². The second kappa shape index (κ2) is 7.13. The molecule has 134 valence electrons. The number of hydrogen-bond donors (Lipinski definition) is 0. The van der Waals surface area contributed by atoms with Gasteiger partial charge in [-0.15, -0.1) is 11.3 Å². The van der Waals surface area contributed by atoms with Gasteiger partial charge in [0.25, 0.3) is 5.91 Å². The molecule has 4 nitrogen and oxygen atoms in total. The van der Waals surface area contributed by atoms with Crippen molar-refractivity contribution in [3.63, 3.8) is 0 Å². The first-order chi connectivity index (χ1) is 11.8. The third-order valence-electron chi connectivity index (χ3n) is 4.14. The van der Waals surface area contributed by atoms with Crippen molar-refractivity contribution in [3.8, 4) is 0 Å². The minimum atomic E-state index is -4.51. The van der Waals surface area contributed by atoms with Gasteiger partial charge in [0.1, 0.15) is 4.88 Å². The first kappa shape index (κ1) is 17.9. The molecule has 1 saturated heterocycles. The van der Waals surface area contributed by atoms with E-state index in [1.807, 2.05) is 18.2 Å². The van der Waals surface area contributed by atoms with E-state index in [-0.39, 0.29) is 16.5 Å². The molecule has 0 atom stereocenters. The number of hydrogen-bond acceptors (Lipinski definition) is 4. The average molecular weight is 369 g/mol. The highest BCUT2D eigenvalue weighted by atomic mass is 32.1. The third-order valence-corrected chi connectivity index (χ3v) is 5.33. The monoisotopic (exact) mass is 369 g/mol. The predicted octanol–water partition coefficient (Wildman–Crippen LogP) is 3.43. The maximum Gasteiger partial charge on any atom is 0.443 e. The number of alkyl halides is 3. The highest BCUT2D eigenvalue weighted by molar-refractivity contribution is 7.13. The molecule has 0 spiro atoms. The van der Waals surface area contributed by atoms with E-state index in [4.69, 9.17) is 0 Å². The molecule has 2 heterocycles. The summed E-state index contributed by atoms with van der Waals surface area (Å²) in [4.78, 5) is 20.0. The summed E-state index contributed by atoms with van der Waals surface area (Å²) in [6.07, 6.45) is -4.51. The molecular weight excluding hydrogens is 351 g/mol. The highest BCUT2D eigenvalue weighted by Gasteiger charge is 2.37. The second-order valence-electron chi connectivity index (χ2n) is 5.99. The summed E-state index contributed by atoms with van der Waals surface area (Å²) in [7, 11) is 0. The fourth-order valence-electron chi connectivity index (χ4n) is 2.81. The van der Waals surface area contributed by atoms with Gasteiger partial charge >= 0.3 is 6.18 Å². The van der Waals surface area contributed by atoms with Gasteiger partial charge in [-0.05, 0) is 12.5 Å². The molecule has 0 unspecified atom stereocenters. The van der Waals surface area contributed by atoms with E-state index >= 15 is 0 Å². The van der Waals surface area contributed by atoms with Crippen LogP contribution in [0.2, 0.25) is 0 Å². The number of carbonyl (C=O) groups excluding carboxylic acids is 1. The van der Waals surface area contributed by atoms with Crippen LogP contribution in [0.25, 0.3) is 0 Å². The minimum absolute atomic E-state index is 0.0869. The number of aromatic nitrogens is 1. The Labute approximate surface area is 147 Å². The van der Waals surface area contributed by atoms with Gasteiger partial charge in [-0.25, -0.2) is 4.98 Å². The van der Waals surface area contributed by atoms with E-state index in [1.54, 1.807) is 4.90 Å². The van der Waals surface area contributed by atoms with E-state index in [2.05, 4.69) is 22.0 Å². The van der Waals surface area contributed by atoms with E-state index in [1.165, 1.54) is 12.5 Å². The molecule has 0 saturated carbocycles. The van der Waals surface area contributed by atoms with Crippen molar-refractivity contribution < 1.29 is 18.0 Å². The molecule has 1 aliphatic heterocycles. The molecule has 25 heavy (non-hydrogen) atoms. The lowest BCUT2D eigenvalue weighted by Crippen LogP contribution is -2.48. The smallest absolute Gasteiger partial charge is 0.335 e. The lowest BCUT2D eigenvalue weighted by Gasteiger charge is -2.34. The Kier molecular flexibility index (Phi) is 5.10. The number of piperazine rings is 1. The number of amides is 1. The van der Waals surface area contributed by atoms with Crippen molar-refractivity contribution in [2.45, 2.75) is 19.6 Å². The number of rotatable bonds is 3. The summed E-state index contributed by atoms with van der Waals surface area (Å²) >= 11 is 0.431. The van der Waals surface area contributed by atoms with Crippen molar-refractivity contribution >= 4 is 17.2 Å². The van der Waals surface area contributed by atoms with Gasteiger partial charge in [-0.1, -0.05) is 30.3 Å². The summed E-state index contributed by atoms with van der Waals surface area (Å²) in [5.74, 6) is -0.357. The molecule has 0 radical (unpaired) electrons. The Morgan fingerprint density at radius 3 is 2.36 bits per heavy atom. The van der Waals surface area contributed by atoms with Crippen LogP contribution in [0.4, 0.5) is 13.2 Å². The van der Waals surface area contributed by atoms with Crippen LogP contribution in [-0.2, 0) is 12.7 Å². The number of carbonyl (C=O) groups is 1. The van der Waals surface area contributed by atoms with Crippen LogP contribution in [0.1, 0.15) is 25.9 Å². The van der Waals surface area contributed by atoms with Gasteiger partial charge in [-0.3, -0.25) is 9.69 Å². The zero-order chi connectivity index (χ0) is 18.0. The van der Waals surface area contributed by atoms with Crippen LogP contribution >= 0.6 is 11.3 Å². The molecule has 8 heteroatoms. The molecule has 1 aromatic carbocycles. The number of nitrogens with zero attached hydrogens (tertiary/aromatic N) is 3. The van der Waals surface area contributed by atoms with Gasteiger partial charge in [0.05, 0.1) is 5.69 Å². The molecular formula is C17H18F3N3OS. The quantitative estimate of drug-likeness (QED) is 0.832. The third kappa shape index (κ3) is 4.19. The molecule has 1 aliphatic rings. The normalized spacial score (nSPS) is 16.2. The van der Waals surface area contributed by atoms with E-state index in [9.17, 15) is 18.0 Å². The van der Waals surface area contributed by atoms with E-state index in [0.29, 0.717) is 37.5 Å². The second-order valence-corrected chi connectivity index (χ2v) is 6.98. The first-order valence-corrected chi connectivity index (χ1v) is 8.76. The Morgan fingerprint density at radius 2 is 1.80 bits per heavy atom. The van der Waals surface area contributed by atoms with Crippen LogP contribution < -0.4 is 0 Å². The van der Waals surface area contributed by atoms with Gasteiger partial charge in [0.15, 0.2) is 5.01 Å². The molecule has 0 aliphatic carbocycles. The van der Waals surface area contributed by atoms with Crippen LogP contribution in [0.5, 0.6) is 0 Å². The molecule has 0 bridgehead atoms. The lowest BCUT2D eigenvalue weighted by atomic mass is 10.2. The van der Waals surface area contributed by atoms with Crippen molar-refractivity contribution in [1.29, 1.82) is 0 Å². The summed E-state index contributed by atoms with van der Waals surface area (Å²) in [5, 5.41) is -0.962. The Hall–Kier alpha value is -1.93. The fourth-order valence-corrected chi connectivity index (χ4v) is 3.71. The van der Waals surface area contributed by atoms with Crippen molar-refractivity contribution in [3.05, 3.63) is 51.5 Å². The number of benzene rings is 1. The van der Waals surface area contributed by atoms with Crippen LogP contribution in [0.3, 0.4) is 0 Å². The topological polar surface area (TPSA) is 36.4 Å². The SMILES string of the molecule is Cc1nc(C(F)(F)F)sc1C(=O)N1CCN(Cc2ccccc2)CC1. The predicted molar refractivity (Wildman–Crippen MR) is 89.5 cm³/mol. The van der Waals surface area contributed by atoms with Crippen molar-refractivity contribution in [2.75, 3.05) is 26.2 Å². The number of aryl methyl sites for hydroxylation is 1. The van der Waals surface area contributed by atoms with Crippen molar-refractivity contribution in [1.82, 2.24) is 14.8 Å². The van der Waals surface area contributed by atoms with E-state index < -0.39 is 11.2 Å². The molecule has 2 aromatic rings. The lowest BCUT2D eigenvalue weighted by molar-refractivity contribution is -0.137. The van der Waals surface area contributed by atoms with Gasteiger partial charge < -0.3 is 4.90 Å². The molecule has 1 aromatic heterocycles. The number of halogens is 3. The highest BCUT2D eigenvalue weighted by Crippen LogP contribution is 2.34. The Balaban J connectivity index is 1.61. The van der Waals surface area contributed by atoms with Crippen LogP contribution in [0.15, 0.2) is 30.3 Å². The minimum Gasteiger partial charge on any atom is -0.335 e. The Bertz CT molecular complexity index is 737. The van der Waals surface area contributed by atoms with E-state index in [0.717, 1.165) is 6.54 Å². The Morgan fingerprint density at radius 1 is 1.16 bits per heavy atom.